The molecule has 0 atom stereocenters. The molecule has 0 radical (unpaired) electrons. The molecular weight excluding hydrogens is 406 g/mol. The van der Waals surface area contributed by atoms with Crippen molar-refractivity contribution in [1.82, 2.24) is 19.7 Å². The molecule has 1 fully saturated rings. The highest BCUT2D eigenvalue weighted by atomic mass is 32.2. The molecule has 5 heterocycles. The minimum atomic E-state index is 0.424. The summed E-state index contributed by atoms with van der Waals surface area (Å²) in [6.07, 6.45) is 9.29. The molecule has 31 heavy (non-hydrogen) atoms. The molecule has 0 bridgehead atoms. The van der Waals surface area contributed by atoms with Gasteiger partial charge >= 0.3 is 0 Å². The number of benzene rings is 1. The van der Waals surface area contributed by atoms with Gasteiger partial charge < -0.3 is 15.1 Å². The maximum absolute atomic E-state index is 6.27. The fourth-order valence-electron chi connectivity index (χ4n) is 4.75. The Bertz CT molecular complexity index is 1270. The van der Waals surface area contributed by atoms with Crippen LogP contribution >= 0.6 is 11.8 Å². The van der Waals surface area contributed by atoms with E-state index in [1.807, 2.05) is 24.2 Å². The van der Waals surface area contributed by atoms with Crippen LogP contribution in [0.15, 0.2) is 52.2 Å². The lowest BCUT2D eigenvalue weighted by atomic mass is 10.0. The Morgan fingerprint density at radius 3 is 2.90 bits per heavy atom. The van der Waals surface area contributed by atoms with Crippen LogP contribution in [0.5, 0.6) is 0 Å². The molecule has 158 valence electrons. The number of hydrogen-bond donors (Lipinski definition) is 1. The molecule has 2 aliphatic heterocycles. The molecule has 6 rings (SSSR count). The molecule has 2 aliphatic rings. The molecule has 6 nitrogen and oxygen atoms in total. The van der Waals surface area contributed by atoms with Crippen molar-refractivity contribution >= 4 is 28.5 Å². The first kappa shape index (κ1) is 19.0. The van der Waals surface area contributed by atoms with E-state index in [9.17, 15) is 0 Å². The van der Waals surface area contributed by atoms with Crippen molar-refractivity contribution in [3.05, 3.63) is 48.4 Å². The van der Waals surface area contributed by atoms with Gasteiger partial charge in [0.2, 0.25) is 0 Å². The van der Waals surface area contributed by atoms with Gasteiger partial charge in [-0.2, -0.15) is 5.10 Å². The van der Waals surface area contributed by atoms with Gasteiger partial charge in [-0.05, 0) is 51.0 Å². The van der Waals surface area contributed by atoms with E-state index in [1.165, 1.54) is 10.5 Å². The SMILES string of the molecule is CN1CCC(n2cc(-c3cnc(N)c4oc(-c5cccc6c5SCC6)cc34)cn2)CC1. The van der Waals surface area contributed by atoms with Crippen LogP contribution in [0.2, 0.25) is 0 Å². The number of thioether (sulfide) groups is 1. The fourth-order valence-corrected chi connectivity index (χ4v) is 5.96. The zero-order valence-electron chi connectivity index (χ0n) is 17.5. The highest BCUT2D eigenvalue weighted by Crippen LogP contribution is 2.43. The summed E-state index contributed by atoms with van der Waals surface area (Å²) < 4.78 is 8.39. The Morgan fingerprint density at radius 2 is 2.03 bits per heavy atom. The second-order valence-electron chi connectivity index (χ2n) is 8.55. The molecular formula is C24H25N5OS. The Hall–Kier alpha value is -2.77. The third kappa shape index (κ3) is 3.23. The van der Waals surface area contributed by atoms with Gasteiger partial charge in [-0.15, -0.1) is 11.8 Å². The number of aryl methyl sites for hydroxylation is 1. The van der Waals surface area contributed by atoms with Crippen LogP contribution in [0.1, 0.15) is 24.4 Å². The number of pyridine rings is 1. The number of fused-ring (bicyclic) bond motifs is 2. The van der Waals surface area contributed by atoms with Gasteiger partial charge in [0.15, 0.2) is 11.4 Å². The number of furan rings is 1. The monoisotopic (exact) mass is 431 g/mol. The van der Waals surface area contributed by atoms with Crippen LogP contribution in [-0.4, -0.2) is 45.6 Å². The number of nitrogens with zero attached hydrogens (tertiary/aromatic N) is 4. The maximum atomic E-state index is 6.27. The predicted octanol–water partition coefficient (Wildman–Crippen LogP) is 4.86. The van der Waals surface area contributed by atoms with E-state index in [1.54, 1.807) is 0 Å². The third-order valence-corrected chi connectivity index (χ3v) is 7.72. The smallest absolute Gasteiger partial charge is 0.177 e. The summed E-state index contributed by atoms with van der Waals surface area (Å²) in [5.41, 5.74) is 11.5. The van der Waals surface area contributed by atoms with Crippen LogP contribution in [0.4, 0.5) is 5.82 Å². The van der Waals surface area contributed by atoms with Crippen molar-refractivity contribution in [3.8, 4) is 22.5 Å². The number of anilines is 1. The van der Waals surface area contributed by atoms with Crippen molar-refractivity contribution in [2.75, 3.05) is 31.6 Å². The molecule has 0 saturated carbocycles. The lowest BCUT2D eigenvalue weighted by molar-refractivity contribution is 0.212. The largest absolute Gasteiger partial charge is 0.452 e. The molecule has 0 unspecified atom stereocenters. The van der Waals surface area contributed by atoms with Crippen molar-refractivity contribution in [3.63, 3.8) is 0 Å². The average molecular weight is 432 g/mol. The summed E-state index contributed by atoms with van der Waals surface area (Å²) in [6, 6.07) is 9.02. The normalized spacial score (nSPS) is 17.5. The molecule has 4 aromatic rings. The Labute approximate surface area is 185 Å². The summed E-state index contributed by atoms with van der Waals surface area (Å²) >= 11 is 1.90. The van der Waals surface area contributed by atoms with Crippen LogP contribution in [0.25, 0.3) is 33.4 Å². The Morgan fingerprint density at radius 1 is 1.16 bits per heavy atom. The molecule has 0 amide bonds. The van der Waals surface area contributed by atoms with E-state index < -0.39 is 0 Å². The van der Waals surface area contributed by atoms with E-state index in [2.05, 4.69) is 57.2 Å². The lowest BCUT2D eigenvalue weighted by Gasteiger charge is -2.28. The number of likely N-dealkylation sites (tertiary alicyclic amines) is 1. The highest BCUT2D eigenvalue weighted by Gasteiger charge is 2.22. The van der Waals surface area contributed by atoms with Crippen molar-refractivity contribution in [1.29, 1.82) is 0 Å². The van der Waals surface area contributed by atoms with Gasteiger partial charge in [0.05, 0.1) is 12.2 Å². The Balaban J connectivity index is 1.42. The van der Waals surface area contributed by atoms with Crippen LogP contribution < -0.4 is 5.73 Å². The molecule has 0 spiro atoms. The van der Waals surface area contributed by atoms with Crippen molar-refractivity contribution in [2.45, 2.75) is 30.2 Å². The molecule has 0 aliphatic carbocycles. The predicted molar refractivity (Wildman–Crippen MR) is 125 cm³/mol. The average Bonchev–Trinajstić information content (AvgIpc) is 3.53. The number of hydrogen-bond acceptors (Lipinski definition) is 6. The van der Waals surface area contributed by atoms with Crippen molar-refractivity contribution in [2.24, 2.45) is 0 Å². The van der Waals surface area contributed by atoms with Gasteiger partial charge in [0, 0.05) is 45.1 Å². The highest BCUT2D eigenvalue weighted by molar-refractivity contribution is 7.99. The molecule has 3 aromatic heterocycles. The van der Waals surface area contributed by atoms with Crippen LogP contribution in [0.3, 0.4) is 0 Å². The van der Waals surface area contributed by atoms with Crippen LogP contribution in [-0.2, 0) is 6.42 Å². The van der Waals surface area contributed by atoms with E-state index in [4.69, 9.17) is 10.2 Å². The molecule has 1 aromatic carbocycles. The second kappa shape index (κ2) is 7.43. The fraction of sp³-hybridized carbons (Fsp3) is 0.333. The first-order valence-corrected chi connectivity index (χ1v) is 11.8. The van der Waals surface area contributed by atoms with Crippen LogP contribution in [0, 0.1) is 0 Å². The second-order valence-corrected chi connectivity index (χ2v) is 9.65. The number of aromatic nitrogens is 3. The van der Waals surface area contributed by atoms with E-state index in [0.717, 1.165) is 65.9 Å². The number of rotatable bonds is 3. The summed E-state index contributed by atoms with van der Waals surface area (Å²) in [4.78, 5) is 8.13. The summed E-state index contributed by atoms with van der Waals surface area (Å²) in [7, 11) is 2.18. The van der Waals surface area contributed by atoms with Gasteiger partial charge in [0.1, 0.15) is 5.76 Å². The first-order chi connectivity index (χ1) is 15.2. The number of piperidine rings is 1. The van der Waals surface area contributed by atoms with Crippen molar-refractivity contribution < 1.29 is 4.42 Å². The van der Waals surface area contributed by atoms with Gasteiger partial charge in [-0.1, -0.05) is 18.2 Å². The molecule has 2 N–H and O–H groups in total. The van der Waals surface area contributed by atoms with Gasteiger partial charge in [-0.25, -0.2) is 4.98 Å². The third-order valence-electron chi connectivity index (χ3n) is 6.54. The standard InChI is InChI=1S/C24H25N5OS/c1-28-8-5-17(6-9-28)29-14-16(12-27-29)20-13-26-24(25)22-19(20)11-21(30-22)18-4-2-3-15-7-10-31-23(15)18/h2-4,11-14,17H,5-10H2,1H3,(H2,25,26). The number of nitrogen functional groups attached to an aromatic ring is 1. The summed E-state index contributed by atoms with van der Waals surface area (Å²) in [6.45, 7) is 2.22. The Kier molecular flexibility index (Phi) is 4.54. The quantitative estimate of drug-likeness (QED) is 0.500. The zero-order valence-corrected chi connectivity index (χ0v) is 18.4. The minimum absolute atomic E-state index is 0.424. The van der Waals surface area contributed by atoms with E-state index in [0.29, 0.717) is 17.4 Å². The van der Waals surface area contributed by atoms with E-state index in [-0.39, 0.29) is 0 Å². The lowest BCUT2D eigenvalue weighted by Crippen LogP contribution is -2.31. The topological polar surface area (TPSA) is 73.1 Å². The first-order valence-electron chi connectivity index (χ1n) is 10.8. The maximum Gasteiger partial charge on any atom is 0.177 e. The molecule has 1 saturated heterocycles. The molecule has 7 heteroatoms. The van der Waals surface area contributed by atoms with Gasteiger partial charge in [-0.3, -0.25) is 4.68 Å². The minimum Gasteiger partial charge on any atom is -0.452 e. The summed E-state index contributed by atoms with van der Waals surface area (Å²) in [5.74, 6) is 2.40. The number of nitrogens with two attached hydrogens (primary N) is 1. The zero-order chi connectivity index (χ0) is 20.9. The van der Waals surface area contributed by atoms with E-state index >= 15 is 0 Å². The summed E-state index contributed by atoms with van der Waals surface area (Å²) in [5, 5.41) is 5.68. The van der Waals surface area contributed by atoms with Gasteiger partial charge in [0.25, 0.3) is 0 Å².